The molecule has 0 unspecified atom stereocenters. The van der Waals surface area contributed by atoms with Crippen LogP contribution in [0.5, 0.6) is 0 Å². The average molecular weight is 713 g/mol. The van der Waals surface area contributed by atoms with Gasteiger partial charge in [-0.25, -0.2) is 0 Å². The predicted octanol–water partition coefficient (Wildman–Crippen LogP) is 6.84. The molecule has 10 heteroatoms. The van der Waals surface area contributed by atoms with E-state index in [0.29, 0.717) is 91.0 Å². The maximum Gasteiger partial charge on any atom is 0.0701 e. The van der Waals surface area contributed by atoms with Gasteiger partial charge in [0.2, 0.25) is 0 Å². The van der Waals surface area contributed by atoms with Gasteiger partial charge in [-0.15, -0.1) is 23.2 Å². The zero-order valence-electron chi connectivity index (χ0n) is 22.2. The molecule has 0 aromatic heterocycles. The molecular weight excluding hydrogens is 675 g/mol. The zero-order chi connectivity index (χ0) is 27.8. The number of alkyl halides is 2. The van der Waals surface area contributed by atoms with Crippen LogP contribution in [-0.2, 0) is 33.8 Å². The molecule has 0 bridgehead atoms. The van der Waals surface area contributed by atoms with Gasteiger partial charge in [0.15, 0.2) is 0 Å². The van der Waals surface area contributed by atoms with Crippen LogP contribution in [0, 0.1) is 0 Å². The van der Waals surface area contributed by atoms with Crippen molar-refractivity contribution < 1.29 is 28.4 Å². The number of ether oxygens (including phenoxy) is 6. The molecule has 0 saturated heterocycles. The fraction of sp³-hybridized carbons (Fsp3) is 0.586. The van der Waals surface area contributed by atoms with Crippen LogP contribution in [-0.4, -0.2) is 91.0 Å². The summed E-state index contributed by atoms with van der Waals surface area (Å²) < 4.78 is 36.1. The number of benzene rings is 2. The molecule has 0 saturated carbocycles. The fourth-order valence-corrected chi connectivity index (χ4v) is 5.73. The number of fused-ring (bicyclic) bond motifs is 3. The largest absolute Gasteiger partial charge is 0.379 e. The second-order valence-electron chi connectivity index (χ2n) is 9.01. The van der Waals surface area contributed by atoms with E-state index in [4.69, 9.17) is 51.6 Å². The molecule has 39 heavy (non-hydrogen) atoms. The second kappa shape index (κ2) is 19.0. The van der Waals surface area contributed by atoms with E-state index in [1.54, 1.807) is 0 Å². The lowest BCUT2D eigenvalue weighted by molar-refractivity contribution is 0.00869. The van der Waals surface area contributed by atoms with Crippen LogP contribution in [0.1, 0.15) is 24.0 Å². The van der Waals surface area contributed by atoms with Crippen molar-refractivity contribution in [2.75, 3.05) is 91.0 Å². The van der Waals surface area contributed by atoms with Gasteiger partial charge < -0.3 is 28.4 Å². The summed E-state index contributed by atoms with van der Waals surface area (Å²) >= 11 is 18.6. The summed E-state index contributed by atoms with van der Waals surface area (Å²) in [6.45, 7) is 6.57. The third-order valence-electron chi connectivity index (χ3n) is 6.56. The molecule has 0 atom stereocenters. The number of hydrogen-bond acceptors (Lipinski definition) is 6. The van der Waals surface area contributed by atoms with Crippen molar-refractivity contribution in [1.29, 1.82) is 0 Å². The van der Waals surface area contributed by atoms with E-state index >= 15 is 0 Å². The molecule has 3 rings (SSSR count). The van der Waals surface area contributed by atoms with Gasteiger partial charge in [-0.3, -0.25) is 0 Å². The summed E-state index contributed by atoms with van der Waals surface area (Å²) in [6.07, 6.45) is 1.66. The van der Waals surface area contributed by atoms with E-state index in [-0.39, 0.29) is 5.41 Å². The molecule has 0 heterocycles. The Morgan fingerprint density at radius 2 is 0.821 bits per heavy atom. The molecule has 2 aromatic rings. The van der Waals surface area contributed by atoms with Crippen LogP contribution in [0.25, 0.3) is 11.1 Å². The monoisotopic (exact) mass is 710 g/mol. The molecule has 0 spiro atoms. The van der Waals surface area contributed by atoms with Crippen molar-refractivity contribution in [3.05, 3.63) is 56.5 Å². The van der Waals surface area contributed by atoms with Crippen LogP contribution in [0.3, 0.4) is 0 Å². The van der Waals surface area contributed by atoms with Crippen LogP contribution in [0.2, 0.25) is 0 Å². The summed E-state index contributed by atoms with van der Waals surface area (Å²) in [7, 11) is 0. The first-order chi connectivity index (χ1) is 19.1. The van der Waals surface area contributed by atoms with Gasteiger partial charge in [0.05, 0.1) is 66.1 Å². The van der Waals surface area contributed by atoms with Crippen LogP contribution in [0.15, 0.2) is 45.3 Å². The molecule has 0 amide bonds. The van der Waals surface area contributed by atoms with E-state index in [1.807, 2.05) is 0 Å². The summed E-state index contributed by atoms with van der Waals surface area (Å²) in [4.78, 5) is 0. The molecule has 0 N–H and O–H groups in total. The first-order valence-corrected chi connectivity index (χ1v) is 16.0. The molecule has 0 radical (unpaired) electrons. The minimum Gasteiger partial charge on any atom is -0.379 e. The standard InChI is InChI=1S/C29H38Br2Cl2O6/c30-23-1-3-25-26-4-2-24(31)22-28(26)29(27(25)21-23,5-9-34-13-17-38-19-15-36-11-7-32)6-10-35-14-18-39-20-16-37-12-8-33/h1-4,21-22H,5-20H2. The van der Waals surface area contributed by atoms with Gasteiger partial charge in [-0.1, -0.05) is 44.0 Å². The zero-order valence-corrected chi connectivity index (χ0v) is 26.9. The summed E-state index contributed by atoms with van der Waals surface area (Å²) in [6, 6.07) is 13.1. The minimum atomic E-state index is -0.231. The normalized spacial score (nSPS) is 13.5. The Balaban J connectivity index is 1.59. The minimum absolute atomic E-state index is 0.231. The summed E-state index contributed by atoms with van der Waals surface area (Å²) in [5.74, 6) is 0.988. The fourth-order valence-electron chi connectivity index (χ4n) is 4.79. The highest BCUT2D eigenvalue weighted by Crippen LogP contribution is 2.54. The first-order valence-electron chi connectivity index (χ1n) is 13.3. The Labute approximate surface area is 259 Å². The van der Waals surface area contributed by atoms with E-state index in [0.717, 1.165) is 21.8 Å². The lowest BCUT2D eigenvalue weighted by atomic mass is 9.73. The van der Waals surface area contributed by atoms with Crippen LogP contribution >= 0.6 is 55.1 Å². The summed E-state index contributed by atoms with van der Waals surface area (Å²) in [5.41, 5.74) is 4.91. The van der Waals surface area contributed by atoms with Crippen LogP contribution < -0.4 is 0 Å². The third-order valence-corrected chi connectivity index (χ3v) is 7.86. The molecule has 1 aliphatic carbocycles. The molecule has 6 nitrogen and oxygen atoms in total. The Morgan fingerprint density at radius 1 is 0.487 bits per heavy atom. The third kappa shape index (κ3) is 10.5. The Morgan fingerprint density at radius 3 is 1.18 bits per heavy atom. The molecule has 218 valence electrons. The van der Waals surface area contributed by atoms with Crippen molar-refractivity contribution in [2.24, 2.45) is 0 Å². The smallest absolute Gasteiger partial charge is 0.0701 e. The molecular formula is C29H38Br2Cl2O6. The highest BCUT2D eigenvalue weighted by Gasteiger charge is 2.43. The average Bonchev–Trinajstić information content (AvgIpc) is 3.19. The van der Waals surface area contributed by atoms with Crippen molar-refractivity contribution in [3.63, 3.8) is 0 Å². The van der Waals surface area contributed by atoms with Crippen LogP contribution in [0.4, 0.5) is 0 Å². The van der Waals surface area contributed by atoms with Gasteiger partial charge >= 0.3 is 0 Å². The lowest BCUT2D eigenvalue weighted by Gasteiger charge is -2.32. The molecule has 0 aliphatic heterocycles. The van der Waals surface area contributed by atoms with Crippen molar-refractivity contribution in [2.45, 2.75) is 18.3 Å². The maximum absolute atomic E-state index is 6.05. The van der Waals surface area contributed by atoms with Gasteiger partial charge in [0.1, 0.15) is 0 Å². The van der Waals surface area contributed by atoms with E-state index < -0.39 is 0 Å². The van der Waals surface area contributed by atoms with Crippen molar-refractivity contribution >= 4 is 55.1 Å². The molecule has 1 aliphatic rings. The number of hydrogen-bond donors (Lipinski definition) is 0. The highest BCUT2D eigenvalue weighted by atomic mass is 79.9. The van der Waals surface area contributed by atoms with Gasteiger partial charge in [0.25, 0.3) is 0 Å². The maximum atomic E-state index is 6.05. The van der Waals surface area contributed by atoms with Gasteiger partial charge in [-0.2, -0.15) is 0 Å². The number of halogens is 4. The summed E-state index contributed by atoms with van der Waals surface area (Å²) in [5, 5.41) is 0. The van der Waals surface area contributed by atoms with Crippen molar-refractivity contribution in [1.82, 2.24) is 0 Å². The van der Waals surface area contributed by atoms with Gasteiger partial charge in [-0.05, 0) is 59.4 Å². The topological polar surface area (TPSA) is 55.4 Å². The second-order valence-corrected chi connectivity index (χ2v) is 11.6. The van der Waals surface area contributed by atoms with E-state index in [9.17, 15) is 0 Å². The molecule has 0 fully saturated rings. The van der Waals surface area contributed by atoms with E-state index in [2.05, 4.69) is 68.3 Å². The predicted molar refractivity (Wildman–Crippen MR) is 164 cm³/mol. The Kier molecular flexibility index (Phi) is 16.2. The highest BCUT2D eigenvalue weighted by molar-refractivity contribution is 9.10. The first kappa shape index (κ1) is 33.2. The van der Waals surface area contributed by atoms with Crippen molar-refractivity contribution in [3.8, 4) is 11.1 Å². The Bertz CT molecular complexity index is 903. The lowest BCUT2D eigenvalue weighted by Crippen LogP contribution is -2.30. The molecule has 2 aromatic carbocycles. The SMILES string of the molecule is ClCCOCCOCCOCCC1(CCOCCOCCOCCCl)c2cc(Br)ccc2-c2ccc(Br)cc21. The van der Waals surface area contributed by atoms with E-state index in [1.165, 1.54) is 22.3 Å². The quantitative estimate of drug-likeness (QED) is 0.0986. The number of rotatable bonds is 22. The van der Waals surface area contributed by atoms with Gasteiger partial charge in [0, 0.05) is 39.3 Å². The Hall–Kier alpha value is -0.260.